The van der Waals surface area contributed by atoms with E-state index < -0.39 is 11.9 Å². The summed E-state index contributed by atoms with van der Waals surface area (Å²) in [6.07, 6.45) is 1.57. The second-order valence-corrected chi connectivity index (χ2v) is 7.14. The number of para-hydroxylation sites is 1. The maximum Gasteiger partial charge on any atom is 0.333 e. The molecule has 1 aliphatic heterocycles. The minimum atomic E-state index is -0.542. The summed E-state index contributed by atoms with van der Waals surface area (Å²) in [6.45, 7) is 0.196. The molecular weight excluding hydrogens is 414 g/mol. The Morgan fingerprint density at radius 2 is 1.71 bits per heavy atom. The third kappa shape index (κ3) is 4.27. The van der Waals surface area contributed by atoms with Crippen LogP contribution in [0.4, 0.5) is 10.5 Å². The summed E-state index contributed by atoms with van der Waals surface area (Å²) in [5.74, 6) is 0.0479. The molecule has 0 bridgehead atoms. The molecule has 0 aliphatic carbocycles. The maximum absolute atomic E-state index is 12.8. The van der Waals surface area contributed by atoms with E-state index in [9.17, 15) is 14.9 Å². The van der Waals surface area contributed by atoms with Crippen LogP contribution in [0.1, 0.15) is 16.7 Å². The Kier molecular flexibility index (Phi) is 5.69. The molecule has 4 rings (SSSR count). The minimum Gasteiger partial charge on any atom is -0.488 e. The van der Waals surface area contributed by atoms with Gasteiger partial charge < -0.3 is 10.1 Å². The Morgan fingerprint density at radius 1 is 1.00 bits per heavy atom. The van der Waals surface area contributed by atoms with Crippen LogP contribution in [0.3, 0.4) is 0 Å². The van der Waals surface area contributed by atoms with Gasteiger partial charge in [-0.05, 0) is 42.5 Å². The van der Waals surface area contributed by atoms with Crippen LogP contribution in [0.5, 0.6) is 5.75 Å². The van der Waals surface area contributed by atoms with E-state index in [4.69, 9.17) is 16.3 Å². The third-order valence-corrected chi connectivity index (χ3v) is 4.95. The fourth-order valence-corrected chi connectivity index (χ4v) is 3.28. The van der Waals surface area contributed by atoms with Crippen LogP contribution in [0.15, 0.2) is 78.5 Å². The number of ether oxygens (including phenoxy) is 1. The number of anilines is 1. The van der Waals surface area contributed by atoms with E-state index in [1.165, 1.54) is 0 Å². The largest absolute Gasteiger partial charge is 0.488 e. The summed E-state index contributed by atoms with van der Waals surface area (Å²) in [5, 5.41) is 12.4. The summed E-state index contributed by atoms with van der Waals surface area (Å²) in [7, 11) is 0. The summed E-state index contributed by atoms with van der Waals surface area (Å²) in [4.78, 5) is 26.3. The normalized spacial score (nSPS) is 14.5. The first-order valence-corrected chi connectivity index (χ1v) is 9.77. The van der Waals surface area contributed by atoms with Crippen molar-refractivity contribution in [2.75, 3.05) is 4.90 Å². The molecule has 1 saturated heterocycles. The Hall–Kier alpha value is -4.08. The number of hydrogen-bond acceptors (Lipinski definition) is 4. The average molecular weight is 430 g/mol. The van der Waals surface area contributed by atoms with Crippen LogP contribution in [0.2, 0.25) is 5.02 Å². The smallest absolute Gasteiger partial charge is 0.333 e. The van der Waals surface area contributed by atoms with Gasteiger partial charge >= 0.3 is 6.03 Å². The SMILES string of the molecule is N#Cc1ccccc1COc1ccccc1/C=C1/NC(=O)N(c2ccc(Cl)cc2)C1=O. The average Bonchev–Trinajstić information content (AvgIpc) is 3.07. The van der Waals surface area contributed by atoms with Gasteiger partial charge in [-0.1, -0.05) is 48.0 Å². The Morgan fingerprint density at radius 3 is 2.48 bits per heavy atom. The molecule has 1 aliphatic rings. The lowest BCUT2D eigenvalue weighted by Gasteiger charge is -2.12. The number of carbonyl (C=O) groups excluding carboxylic acids is 2. The van der Waals surface area contributed by atoms with Crippen LogP contribution >= 0.6 is 11.6 Å². The molecule has 7 heteroatoms. The molecule has 0 aromatic heterocycles. The third-order valence-electron chi connectivity index (χ3n) is 4.70. The van der Waals surface area contributed by atoms with Gasteiger partial charge in [0.05, 0.1) is 17.3 Å². The van der Waals surface area contributed by atoms with Gasteiger partial charge in [0.15, 0.2) is 0 Å². The second kappa shape index (κ2) is 8.74. The zero-order valence-electron chi connectivity index (χ0n) is 16.2. The zero-order valence-corrected chi connectivity index (χ0v) is 17.0. The Balaban J connectivity index is 1.58. The van der Waals surface area contributed by atoms with E-state index in [-0.39, 0.29) is 12.3 Å². The van der Waals surface area contributed by atoms with Gasteiger partial charge in [0.2, 0.25) is 0 Å². The number of benzene rings is 3. The van der Waals surface area contributed by atoms with Crippen molar-refractivity contribution in [1.82, 2.24) is 5.32 Å². The number of imide groups is 1. The van der Waals surface area contributed by atoms with E-state index in [0.29, 0.717) is 27.6 Å². The van der Waals surface area contributed by atoms with Crippen molar-refractivity contribution in [2.45, 2.75) is 6.61 Å². The van der Waals surface area contributed by atoms with Crippen molar-refractivity contribution in [2.24, 2.45) is 0 Å². The first-order chi connectivity index (χ1) is 15.1. The lowest BCUT2D eigenvalue weighted by atomic mass is 10.1. The quantitative estimate of drug-likeness (QED) is 0.462. The molecule has 3 amide bonds. The summed E-state index contributed by atoms with van der Waals surface area (Å²) in [5.41, 5.74) is 2.47. The Bertz CT molecular complexity index is 1230. The van der Waals surface area contributed by atoms with Crippen molar-refractivity contribution in [1.29, 1.82) is 5.26 Å². The maximum atomic E-state index is 12.8. The van der Waals surface area contributed by atoms with E-state index in [1.807, 2.05) is 18.2 Å². The van der Waals surface area contributed by atoms with Crippen molar-refractivity contribution in [3.05, 3.63) is 100 Å². The highest BCUT2D eigenvalue weighted by molar-refractivity contribution is 6.31. The molecule has 0 saturated carbocycles. The van der Waals surface area contributed by atoms with Crippen molar-refractivity contribution < 1.29 is 14.3 Å². The highest BCUT2D eigenvalue weighted by Gasteiger charge is 2.35. The van der Waals surface area contributed by atoms with Crippen molar-refractivity contribution in [3.8, 4) is 11.8 Å². The van der Waals surface area contributed by atoms with E-state index in [0.717, 1.165) is 10.5 Å². The first-order valence-electron chi connectivity index (χ1n) is 9.39. The molecule has 1 N–H and O–H groups in total. The van der Waals surface area contributed by atoms with Crippen LogP contribution in [-0.4, -0.2) is 11.9 Å². The van der Waals surface area contributed by atoms with Gasteiger partial charge in [0.25, 0.3) is 5.91 Å². The molecule has 0 unspecified atom stereocenters. The molecule has 0 atom stereocenters. The number of nitrogens with one attached hydrogen (secondary N) is 1. The lowest BCUT2D eigenvalue weighted by molar-refractivity contribution is -0.113. The summed E-state index contributed by atoms with van der Waals surface area (Å²) >= 11 is 5.89. The number of urea groups is 1. The van der Waals surface area contributed by atoms with E-state index >= 15 is 0 Å². The minimum absolute atomic E-state index is 0.133. The van der Waals surface area contributed by atoms with Crippen molar-refractivity contribution in [3.63, 3.8) is 0 Å². The van der Waals surface area contributed by atoms with Gasteiger partial charge in [-0.15, -0.1) is 0 Å². The molecule has 3 aromatic rings. The molecular formula is C24H16ClN3O3. The summed E-state index contributed by atoms with van der Waals surface area (Å²) in [6, 6.07) is 22.4. The molecule has 6 nitrogen and oxygen atoms in total. The molecule has 31 heavy (non-hydrogen) atoms. The van der Waals surface area contributed by atoms with Crippen LogP contribution in [-0.2, 0) is 11.4 Å². The molecule has 3 aromatic carbocycles. The number of nitriles is 1. The second-order valence-electron chi connectivity index (χ2n) is 6.70. The predicted molar refractivity (Wildman–Crippen MR) is 117 cm³/mol. The number of halogens is 1. The van der Waals surface area contributed by atoms with Crippen LogP contribution in [0.25, 0.3) is 6.08 Å². The first kappa shape index (κ1) is 20.2. The number of hydrogen-bond donors (Lipinski definition) is 1. The molecule has 1 fully saturated rings. The topological polar surface area (TPSA) is 82.4 Å². The highest BCUT2D eigenvalue weighted by Crippen LogP contribution is 2.27. The van der Waals surface area contributed by atoms with E-state index in [2.05, 4.69) is 11.4 Å². The van der Waals surface area contributed by atoms with Gasteiger partial charge in [0, 0.05) is 16.1 Å². The predicted octanol–water partition coefficient (Wildman–Crippen LogP) is 4.89. The fraction of sp³-hybridized carbons (Fsp3) is 0.0417. The van der Waals surface area contributed by atoms with E-state index in [1.54, 1.807) is 60.7 Å². The molecule has 0 spiro atoms. The van der Waals surface area contributed by atoms with Crippen LogP contribution < -0.4 is 15.0 Å². The number of rotatable bonds is 5. The van der Waals surface area contributed by atoms with Crippen LogP contribution in [0, 0.1) is 11.3 Å². The number of nitrogens with zero attached hydrogens (tertiary/aromatic N) is 2. The lowest BCUT2D eigenvalue weighted by Crippen LogP contribution is -2.30. The molecule has 0 radical (unpaired) electrons. The molecule has 1 heterocycles. The zero-order chi connectivity index (χ0) is 21.8. The van der Waals surface area contributed by atoms with Gasteiger partial charge in [-0.2, -0.15) is 5.26 Å². The van der Waals surface area contributed by atoms with Gasteiger partial charge in [-0.3, -0.25) is 4.79 Å². The highest BCUT2D eigenvalue weighted by atomic mass is 35.5. The molecule has 152 valence electrons. The van der Waals surface area contributed by atoms with Gasteiger partial charge in [0.1, 0.15) is 18.1 Å². The number of amides is 3. The summed E-state index contributed by atoms with van der Waals surface area (Å²) < 4.78 is 5.91. The monoisotopic (exact) mass is 429 g/mol. The Labute approximate surface area is 183 Å². The number of carbonyl (C=O) groups is 2. The standard InChI is InChI=1S/C24H16ClN3O3/c25-19-9-11-20(12-10-19)28-23(29)21(27-24(28)30)13-16-5-3-4-8-22(16)31-15-18-7-2-1-6-17(18)14-26/h1-13H,15H2,(H,27,30)/b21-13+. The fourth-order valence-electron chi connectivity index (χ4n) is 3.16. The van der Waals surface area contributed by atoms with Gasteiger partial charge in [-0.25, -0.2) is 9.69 Å². The van der Waals surface area contributed by atoms with Crippen molar-refractivity contribution >= 4 is 35.3 Å².